The molecule has 0 atom stereocenters. The molecule has 3 N–H and O–H groups in total. The summed E-state index contributed by atoms with van der Waals surface area (Å²) in [5, 5.41) is 11.5. The van der Waals surface area contributed by atoms with E-state index in [9.17, 15) is 4.79 Å². The Labute approximate surface area is 152 Å². The zero-order valence-corrected chi connectivity index (χ0v) is 15.5. The molecular weight excluding hydrogens is 348 g/mol. The van der Waals surface area contributed by atoms with Gasteiger partial charge in [-0.1, -0.05) is 58.3 Å². The first kappa shape index (κ1) is 22.6. The first-order valence-electron chi connectivity index (χ1n) is 7.21. The Morgan fingerprint density at radius 2 is 1.76 bits per heavy atom. The summed E-state index contributed by atoms with van der Waals surface area (Å²) in [6, 6.07) is 7.18. The number of carbonyl (C=O) groups excluding carboxylic acids is 1. The highest BCUT2D eigenvalue weighted by Crippen LogP contribution is 2.13. The third-order valence-electron chi connectivity index (χ3n) is 2.93. The molecule has 8 nitrogen and oxygen atoms in total. The van der Waals surface area contributed by atoms with E-state index in [1.54, 1.807) is 18.2 Å². The lowest BCUT2D eigenvalue weighted by Gasteiger charge is -2.09. The monoisotopic (exact) mass is 370 g/mol. The fourth-order valence-electron chi connectivity index (χ4n) is 1.84. The largest absolute Gasteiger partial charge is 0.399 e. The maximum Gasteiger partial charge on any atom is 0.193 e. The number of ketones is 1. The lowest BCUT2D eigenvalue weighted by molar-refractivity contribution is -0.111. The Balaban J connectivity index is 0.00000576. The predicted octanol–water partition coefficient (Wildman–Crippen LogP) is 3.27. The summed E-state index contributed by atoms with van der Waals surface area (Å²) in [5.74, 6) is -0.216. The average Bonchev–Trinajstić information content (AvgIpc) is 2.57. The summed E-state index contributed by atoms with van der Waals surface area (Å²) in [7, 11) is 2.81. The van der Waals surface area contributed by atoms with Crippen molar-refractivity contribution in [1.29, 1.82) is 0 Å². The van der Waals surface area contributed by atoms with E-state index >= 15 is 0 Å². The van der Waals surface area contributed by atoms with Gasteiger partial charge in [0.1, 0.15) is 26.5 Å². The normalized spacial score (nSPS) is 12.3. The van der Waals surface area contributed by atoms with Crippen LogP contribution in [0.4, 0.5) is 0 Å². The van der Waals surface area contributed by atoms with Gasteiger partial charge in [0, 0.05) is 18.1 Å². The number of nitrogens with zero attached hydrogens (tertiary/aromatic N) is 3. The van der Waals surface area contributed by atoms with E-state index in [1.807, 2.05) is 13.0 Å². The molecule has 0 amide bonds. The molecule has 0 fully saturated rings. The lowest BCUT2D eigenvalue weighted by atomic mass is 10.0. The number of carbonyl (C=O) groups is 1. The lowest BCUT2D eigenvalue weighted by Crippen LogP contribution is -2.15. The van der Waals surface area contributed by atoms with E-state index < -0.39 is 0 Å². The molecule has 0 saturated heterocycles. The Morgan fingerprint density at radius 3 is 2.32 bits per heavy atom. The zero-order valence-electron chi connectivity index (χ0n) is 14.8. The van der Waals surface area contributed by atoms with Crippen LogP contribution in [0.15, 0.2) is 39.7 Å². The second-order valence-electron chi connectivity index (χ2n) is 4.57. The van der Waals surface area contributed by atoms with Crippen LogP contribution < -0.4 is 6.15 Å². The van der Waals surface area contributed by atoms with Crippen LogP contribution in [0.25, 0.3) is 0 Å². The minimum Gasteiger partial charge on any atom is -0.399 e. The van der Waals surface area contributed by atoms with Gasteiger partial charge in [-0.25, -0.2) is 0 Å². The molecular formula is C16H23ClN4O4. The first-order valence-corrected chi connectivity index (χ1v) is 7.59. The smallest absolute Gasteiger partial charge is 0.193 e. The summed E-state index contributed by atoms with van der Waals surface area (Å²) >= 11 is 6.01. The van der Waals surface area contributed by atoms with Gasteiger partial charge in [-0.05, 0) is 6.42 Å². The van der Waals surface area contributed by atoms with Crippen molar-refractivity contribution in [2.24, 2.45) is 15.5 Å². The van der Waals surface area contributed by atoms with Crippen LogP contribution in [0, 0.1) is 0 Å². The van der Waals surface area contributed by atoms with Crippen molar-refractivity contribution in [2.75, 3.05) is 14.2 Å². The van der Waals surface area contributed by atoms with E-state index in [0.717, 1.165) is 5.56 Å². The minimum absolute atomic E-state index is 0. The van der Waals surface area contributed by atoms with Gasteiger partial charge in [-0.2, -0.15) is 0 Å². The highest BCUT2D eigenvalue weighted by molar-refractivity contribution is 6.83. The fraction of sp³-hybridized carbons (Fsp3) is 0.375. The third-order valence-corrected chi connectivity index (χ3v) is 3.21. The molecule has 0 heterocycles. The molecule has 0 aromatic heterocycles. The van der Waals surface area contributed by atoms with Gasteiger partial charge < -0.3 is 20.7 Å². The van der Waals surface area contributed by atoms with Crippen LogP contribution in [0.5, 0.6) is 0 Å². The Morgan fingerprint density at radius 1 is 1.12 bits per heavy atom. The number of benzene rings is 1. The van der Waals surface area contributed by atoms with E-state index in [2.05, 4.69) is 20.3 Å². The van der Waals surface area contributed by atoms with Crippen LogP contribution in [0.2, 0.25) is 0 Å². The summed E-state index contributed by atoms with van der Waals surface area (Å²) in [4.78, 5) is 26.4. The Bertz CT molecular complexity index is 659. The summed E-state index contributed by atoms with van der Waals surface area (Å²) < 4.78 is 0. The summed E-state index contributed by atoms with van der Waals surface area (Å²) in [6.07, 6.45) is 0.547. The molecule has 138 valence electrons. The van der Waals surface area contributed by atoms with Gasteiger partial charge in [0.2, 0.25) is 0 Å². The van der Waals surface area contributed by atoms with Gasteiger partial charge in [0.05, 0.1) is 0 Å². The molecule has 0 unspecified atom stereocenters. The van der Waals surface area contributed by atoms with Crippen molar-refractivity contribution in [3.63, 3.8) is 0 Å². The highest BCUT2D eigenvalue weighted by Gasteiger charge is 2.15. The molecule has 0 spiro atoms. The van der Waals surface area contributed by atoms with Crippen molar-refractivity contribution in [1.82, 2.24) is 6.15 Å². The second kappa shape index (κ2) is 12.0. The Kier molecular flexibility index (Phi) is 10.8. The number of rotatable bonds is 9. The quantitative estimate of drug-likeness (QED) is 0.528. The average molecular weight is 371 g/mol. The molecule has 1 rings (SSSR count). The number of hydrogen-bond donors (Lipinski definition) is 1. The van der Waals surface area contributed by atoms with E-state index in [-0.39, 0.29) is 29.4 Å². The molecule has 9 heteroatoms. The molecule has 0 aliphatic heterocycles. The standard InChI is InChI=1S/C16H20ClN3O4.H3N/c1-5-14(18-22-3)16(17)20-24-10-12-8-6-7-9-13(12)15(11(2)21)19-23-4;/h6-9H,5,10H2,1-4H3;1H3/b18-14+,19-15-,20-16-;. The maximum absolute atomic E-state index is 11.7. The maximum atomic E-state index is 11.7. The van der Waals surface area contributed by atoms with Crippen molar-refractivity contribution in [3.8, 4) is 0 Å². The molecule has 0 radical (unpaired) electrons. The second-order valence-corrected chi connectivity index (χ2v) is 4.92. The Hall–Kier alpha value is -2.45. The first-order chi connectivity index (χ1) is 11.5. The van der Waals surface area contributed by atoms with Gasteiger partial charge in [-0.3, -0.25) is 4.79 Å². The molecule has 25 heavy (non-hydrogen) atoms. The molecule has 0 saturated carbocycles. The fourth-order valence-corrected chi connectivity index (χ4v) is 2.06. The molecule has 1 aromatic carbocycles. The van der Waals surface area contributed by atoms with Crippen LogP contribution in [0.3, 0.4) is 0 Å². The number of halogens is 1. The van der Waals surface area contributed by atoms with E-state index in [0.29, 0.717) is 17.7 Å². The van der Waals surface area contributed by atoms with E-state index in [1.165, 1.54) is 21.1 Å². The summed E-state index contributed by atoms with van der Waals surface area (Å²) in [6.45, 7) is 3.39. The minimum atomic E-state index is -0.216. The van der Waals surface area contributed by atoms with Crippen LogP contribution >= 0.6 is 11.6 Å². The van der Waals surface area contributed by atoms with Crippen LogP contribution in [0.1, 0.15) is 31.4 Å². The molecule has 0 aliphatic carbocycles. The molecule has 1 aromatic rings. The topological polar surface area (TPSA) is 117 Å². The van der Waals surface area contributed by atoms with Crippen LogP contribution in [-0.2, 0) is 25.9 Å². The third kappa shape index (κ3) is 6.90. The van der Waals surface area contributed by atoms with Crippen molar-refractivity contribution < 1.29 is 19.3 Å². The van der Waals surface area contributed by atoms with Gasteiger partial charge in [-0.15, -0.1) is 0 Å². The number of oxime groups is 3. The van der Waals surface area contributed by atoms with E-state index in [4.69, 9.17) is 21.3 Å². The predicted molar refractivity (Wildman–Crippen MR) is 98.5 cm³/mol. The zero-order chi connectivity index (χ0) is 17.9. The summed E-state index contributed by atoms with van der Waals surface area (Å²) in [5.41, 5.74) is 2.01. The van der Waals surface area contributed by atoms with Crippen molar-refractivity contribution in [3.05, 3.63) is 35.4 Å². The van der Waals surface area contributed by atoms with Gasteiger partial charge in [0.15, 0.2) is 16.7 Å². The van der Waals surface area contributed by atoms with Crippen molar-refractivity contribution >= 4 is 34.0 Å². The number of hydrogen-bond acceptors (Lipinski definition) is 8. The van der Waals surface area contributed by atoms with Gasteiger partial charge in [0.25, 0.3) is 0 Å². The van der Waals surface area contributed by atoms with Crippen LogP contribution in [-0.4, -0.2) is 36.6 Å². The molecule has 0 bridgehead atoms. The van der Waals surface area contributed by atoms with Crippen molar-refractivity contribution in [2.45, 2.75) is 26.9 Å². The highest BCUT2D eigenvalue weighted by atomic mass is 35.5. The SMILES string of the molecule is CCC(=N\OC)/C(Cl)=N/OCc1ccccc1/C(=N\OC)C(C)=O.N. The number of Topliss-reactive ketones (excluding diaryl/α,β-unsaturated/α-hetero) is 1. The molecule has 0 aliphatic rings. The van der Waals surface area contributed by atoms with Gasteiger partial charge >= 0.3 is 0 Å².